The van der Waals surface area contributed by atoms with Crippen LogP contribution in [0.4, 0.5) is 17.2 Å². The number of benzene rings is 2. The van der Waals surface area contributed by atoms with Crippen LogP contribution in [0.3, 0.4) is 0 Å². The van der Waals surface area contributed by atoms with E-state index in [1.165, 1.54) is 13.4 Å². The smallest absolute Gasteiger partial charge is 0.146 e. The maximum Gasteiger partial charge on any atom is 0.146 e. The minimum Gasteiger partial charge on any atom is -0.496 e. The van der Waals surface area contributed by atoms with E-state index in [-0.39, 0.29) is 0 Å². The molecule has 128 valence electrons. The van der Waals surface area contributed by atoms with Crippen molar-refractivity contribution in [1.82, 2.24) is 9.97 Å². The molecule has 3 rings (SSSR count). The van der Waals surface area contributed by atoms with Crippen molar-refractivity contribution in [2.45, 2.75) is 0 Å². The number of ether oxygens (including phenoxy) is 2. The molecule has 25 heavy (non-hydrogen) atoms. The van der Waals surface area contributed by atoms with Gasteiger partial charge in [-0.15, -0.1) is 0 Å². The molecule has 0 bridgehead atoms. The van der Waals surface area contributed by atoms with Crippen LogP contribution in [0.15, 0.2) is 54.9 Å². The van der Waals surface area contributed by atoms with E-state index in [2.05, 4.69) is 20.8 Å². The van der Waals surface area contributed by atoms with Gasteiger partial charge in [0.05, 0.1) is 19.9 Å². The van der Waals surface area contributed by atoms with Gasteiger partial charge in [-0.1, -0.05) is 12.1 Å². The number of hydrogen-bond acceptors (Lipinski definition) is 7. The van der Waals surface area contributed by atoms with Crippen LogP contribution in [0, 0.1) is 0 Å². The first kappa shape index (κ1) is 16.5. The summed E-state index contributed by atoms with van der Waals surface area (Å²) in [5, 5.41) is 12.3. The van der Waals surface area contributed by atoms with Crippen LogP contribution in [0.1, 0.15) is 0 Å². The van der Waals surface area contributed by atoms with Crippen LogP contribution in [-0.2, 0) is 0 Å². The second-order valence-corrected chi connectivity index (χ2v) is 5.14. The van der Waals surface area contributed by atoms with Crippen molar-refractivity contribution in [2.24, 2.45) is 0 Å². The highest BCUT2D eigenvalue weighted by Gasteiger charge is 2.09. The lowest BCUT2D eigenvalue weighted by Gasteiger charge is -2.12. The summed E-state index contributed by atoms with van der Waals surface area (Å²) < 4.78 is 10.6. The molecule has 0 amide bonds. The molecule has 3 aromatic rings. The molecule has 0 saturated heterocycles. The van der Waals surface area contributed by atoms with Gasteiger partial charge in [0.15, 0.2) is 0 Å². The molecule has 0 aliphatic carbocycles. The Hall–Kier alpha value is -3.32. The van der Waals surface area contributed by atoms with Crippen molar-refractivity contribution in [2.75, 3.05) is 25.0 Å². The Morgan fingerprint density at radius 1 is 0.920 bits per heavy atom. The third-order valence-electron chi connectivity index (χ3n) is 3.64. The maximum absolute atomic E-state index is 9.06. The molecule has 0 atom stereocenters. The summed E-state index contributed by atoms with van der Waals surface area (Å²) in [6.45, 7) is 0. The lowest BCUT2D eigenvalue weighted by atomic mass is 10.1. The van der Waals surface area contributed by atoms with Gasteiger partial charge in [-0.25, -0.2) is 9.97 Å². The topological polar surface area (TPSA) is 88.5 Å². The lowest BCUT2D eigenvalue weighted by Crippen LogP contribution is -1.99. The zero-order chi connectivity index (χ0) is 17.6. The molecule has 3 N–H and O–H groups in total. The molecule has 0 unspecified atom stereocenters. The van der Waals surface area contributed by atoms with Crippen LogP contribution < -0.4 is 20.3 Å². The Morgan fingerprint density at radius 3 is 2.48 bits per heavy atom. The van der Waals surface area contributed by atoms with Crippen LogP contribution in [0.2, 0.25) is 0 Å². The van der Waals surface area contributed by atoms with Gasteiger partial charge in [0, 0.05) is 23.4 Å². The maximum atomic E-state index is 9.06. The lowest BCUT2D eigenvalue weighted by molar-refractivity contribution is 0.373. The summed E-state index contributed by atoms with van der Waals surface area (Å²) in [4.78, 5) is 8.57. The summed E-state index contributed by atoms with van der Waals surface area (Å²) in [7, 11) is 3.16. The van der Waals surface area contributed by atoms with E-state index in [1.54, 1.807) is 25.3 Å². The van der Waals surface area contributed by atoms with Crippen LogP contribution in [-0.4, -0.2) is 29.4 Å². The predicted octanol–water partition coefficient (Wildman–Crippen LogP) is 3.71. The third kappa shape index (κ3) is 3.61. The van der Waals surface area contributed by atoms with Gasteiger partial charge in [-0.2, -0.15) is 0 Å². The number of nitrogens with zero attached hydrogens (tertiary/aromatic N) is 2. The summed E-state index contributed by atoms with van der Waals surface area (Å²) in [5.41, 5.74) is 4.96. The Labute approximate surface area is 145 Å². The van der Waals surface area contributed by atoms with Gasteiger partial charge in [0.1, 0.15) is 29.3 Å². The zero-order valence-corrected chi connectivity index (χ0v) is 13.9. The van der Waals surface area contributed by atoms with E-state index in [0.29, 0.717) is 17.3 Å². The minimum absolute atomic E-state index is 0.477. The highest BCUT2D eigenvalue weighted by molar-refractivity contribution is 5.71. The fourth-order valence-electron chi connectivity index (χ4n) is 2.44. The largest absolute Gasteiger partial charge is 0.496 e. The van der Waals surface area contributed by atoms with E-state index in [9.17, 15) is 0 Å². The molecule has 7 heteroatoms. The number of aromatic nitrogens is 2. The van der Waals surface area contributed by atoms with E-state index in [0.717, 1.165) is 22.7 Å². The summed E-state index contributed by atoms with van der Waals surface area (Å²) in [6, 6.07) is 14.7. The number of rotatable bonds is 6. The Morgan fingerprint density at radius 2 is 1.72 bits per heavy atom. The van der Waals surface area contributed by atoms with Crippen molar-refractivity contribution >= 4 is 17.2 Å². The average Bonchev–Trinajstić information content (AvgIpc) is 2.68. The van der Waals surface area contributed by atoms with Crippen molar-refractivity contribution in [3.8, 4) is 22.8 Å². The summed E-state index contributed by atoms with van der Waals surface area (Å²) in [5.74, 6) is 1.88. The fourth-order valence-corrected chi connectivity index (χ4v) is 2.44. The molecule has 1 aromatic heterocycles. The van der Waals surface area contributed by atoms with Crippen LogP contribution in [0.25, 0.3) is 11.3 Å². The van der Waals surface area contributed by atoms with Gasteiger partial charge in [0.25, 0.3) is 0 Å². The number of methoxy groups -OCH3 is 2. The van der Waals surface area contributed by atoms with E-state index < -0.39 is 0 Å². The first-order valence-corrected chi connectivity index (χ1v) is 7.55. The molecular weight excluding hydrogens is 320 g/mol. The number of nitrogens with one attached hydrogen (secondary N) is 2. The molecule has 0 radical (unpaired) electrons. The van der Waals surface area contributed by atoms with Gasteiger partial charge in [-0.3, -0.25) is 10.7 Å². The minimum atomic E-state index is 0.477. The SMILES string of the molecule is COc1cc(Nc2cc(-c3ccccc3OC)ncn2)ccc1NO. The Balaban J connectivity index is 1.90. The second kappa shape index (κ2) is 7.50. The van der Waals surface area contributed by atoms with Gasteiger partial charge in [-0.05, 0) is 24.3 Å². The zero-order valence-electron chi connectivity index (χ0n) is 13.9. The molecule has 0 aliphatic heterocycles. The summed E-state index contributed by atoms with van der Waals surface area (Å²) in [6.07, 6.45) is 1.49. The van der Waals surface area contributed by atoms with Crippen molar-refractivity contribution in [1.29, 1.82) is 0 Å². The Kier molecular flexibility index (Phi) is 4.96. The third-order valence-corrected chi connectivity index (χ3v) is 3.64. The first-order valence-electron chi connectivity index (χ1n) is 7.55. The van der Waals surface area contributed by atoms with Gasteiger partial charge in [0.2, 0.25) is 0 Å². The molecule has 2 aromatic carbocycles. The Bertz CT molecular complexity index is 870. The monoisotopic (exact) mass is 338 g/mol. The predicted molar refractivity (Wildman–Crippen MR) is 95.7 cm³/mol. The molecule has 1 heterocycles. The number of hydrogen-bond donors (Lipinski definition) is 3. The second-order valence-electron chi connectivity index (χ2n) is 5.14. The standard InChI is InChI=1S/C18H18N4O3/c1-24-16-6-4-3-5-13(16)15-10-18(20-11-19-15)21-12-7-8-14(22-23)17(9-12)25-2/h3-11,22-23H,1-2H3,(H,19,20,21). The van der Waals surface area contributed by atoms with Gasteiger partial charge < -0.3 is 14.8 Å². The van der Waals surface area contributed by atoms with Crippen LogP contribution >= 0.6 is 0 Å². The molecule has 0 saturated carbocycles. The van der Waals surface area contributed by atoms with E-state index >= 15 is 0 Å². The molecule has 0 fully saturated rings. The molecule has 0 spiro atoms. The average molecular weight is 338 g/mol. The molecular formula is C18H18N4O3. The number of para-hydroxylation sites is 1. The van der Waals surface area contributed by atoms with Crippen molar-refractivity contribution < 1.29 is 14.7 Å². The fraction of sp³-hybridized carbons (Fsp3) is 0.111. The highest BCUT2D eigenvalue weighted by atomic mass is 16.5. The first-order chi connectivity index (χ1) is 12.2. The van der Waals surface area contributed by atoms with E-state index in [4.69, 9.17) is 14.7 Å². The quantitative estimate of drug-likeness (QED) is 0.590. The highest BCUT2D eigenvalue weighted by Crippen LogP contribution is 2.31. The van der Waals surface area contributed by atoms with Gasteiger partial charge >= 0.3 is 0 Å². The van der Waals surface area contributed by atoms with E-state index in [1.807, 2.05) is 30.3 Å². The van der Waals surface area contributed by atoms with Crippen LogP contribution in [0.5, 0.6) is 11.5 Å². The summed E-state index contributed by atoms with van der Waals surface area (Å²) >= 11 is 0. The number of anilines is 3. The molecule has 7 nitrogen and oxygen atoms in total. The molecule has 0 aliphatic rings. The normalized spacial score (nSPS) is 10.2. The van der Waals surface area contributed by atoms with Crippen molar-refractivity contribution in [3.63, 3.8) is 0 Å². The van der Waals surface area contributed by atoms with Crippen molar-refractivity contribution in [3.05, 3.63) is 54.9 Å².